The lowest BCUT2D eigenvalue weighted by molar-refractivity contribution is -0.120. The van der Waals surface area contributed by atoms with Crippen molar-refractivity contribution in [3.05, 3.63) is 60.2 Å². The highest BCUT2D eigenvalue weighted by Gasteiger charge is 2.26. The van der Waals surface area contributed by atoms with E-state index >= 15 is 0 Å². The second kappa shape index (κ2) is 7.82. The molecule has 5 nitrogen and oxygen atoms in total. The van der Waals surface area contributed by atoms with Gasteiger partial charge in [0.05, 0.1) is 17.3 Å². The normalized spacial score (nSPS) is 16.1. The van der Waals surface area contributed by atoms with Crippen LogP contribution >= 0.6 is 0 Å². The minimum Gasteiger partial charge on any atom is -0.369 e. The third-order valence-corrected chi connectivity index (χ3v) is 4.67. The Morgan fingerprint density at radius 3 is 2.36 bits per heavy atom. The second-order valence-electron chi connectivity index (χ2n) is 6.18. The zero-order valence-corrected chi connectivity index (χ0v) is 14.4. The van der Waals surface area contributed by atoms with Crippen molar-refractivity contribution < 1.29 is 4.79 Å². The van der Waals surface area contributed by atoms with Crippen LogP contribution in [0.3, 0.4) is 0 Å². The summed E-state index contributed by atoms with van der Waals surface area (Å²) in [6, 6.07) is 19.3. The molecule has 0 saturated carbocycles. The highest BCUT2D eigenvalue weighted by molar-refractivity contribution is 5.95. The first-order valence-corrected chi connectivity index (χ1v) is 8.53. The molecule has 5 heteroatoms. The quantitative estimate of drug-likeness (QED) is 0.934. The van der Waals surface area contributed by atoms with Crippen LogP contribution in [0.1, 0.15) is 12.5 Å². The molecule has 1 aliphatic rings. The van der Waals surface area contributed by atoms with Gasteiger partial charge in [-0.3, -0.25) is 9.69 Å². The van der Waals surface area contributed by atoms with E-state index in [2.05, 4.69) is 33.3 Å². The molecule has 0 aromatic heterocycles. The predicted molar refractivity (Wildman–Crippen MR) is 99.5 cm³/mol. The van der Waals surface area contributed by atoms with Crippen LogP contribution < -0.4 is 10.2 Å². The summed E-state index contributed by atoms with van der Waals surface area (Å²) in [7, 11) is 0. The highest BCUT2D eigenvalue weighted by Crippen LogP contribution is 2.18. The average molecular weight is 334 g/mol. The Bertz CT molecular complexity index is 761. The molecule has 128 valence electrons. The van der Waals surface area contributed by atoms with E-state index in [1.54, 1.807) is 18.2 Å². The van der Waals surface area contributed by atoms with Crippen LogP contribution in [-0.2, 0) is 4.79 Å². The monoisotopic (exact) mass is 334 g/mol. The van der Waals surface area contributed by atoms with Crippen LogP contribution in [0.4, 0.5) is 11.4 Å². The summed E-state index contributed by atoms with van der Waals surface area (Å²) in [6.45, 7) is 5.39. The van der Waals surface area contributed by atoms with E-state index in [4.69, 9.17) is 5.26 Å². The van der Waals surface area contributed by atoms with Gasteiger partial charge in [0.15, 0.2) is 0 Å². The number of piperazine rings is 1. The van der Waals surface area contributed by atoms with Crippen LogP contribution in [0.15, 0.2) is 54.6 Å². The maximum absolute atomic E-state index is 12.6. The molecule has 1 aliphatic heterocycles. The molecule has 1 unspecified atom stereocenters. The highest BCUT2D eigenvalue weighted by atomic mass is 16.2. The largest absolute Gasteiger partial charge is 0.369 e. The second-order valence-corrected chi connectivity index (χ2v) is 6.18. The van der Waals surface area contributed by atoms with Crippen molar-refractivity contribution in [3.63, 3.8) is 0 Å². The number of carbonyl (C=O) groups is 1. The Morgan fingerprint density at radius 2 is 1.68 bits per heavy atom. The van der Waals surface area contributed by atoms with Crippen LogP contribution in [-0.4, -0.2) is 43.0 Å². The van der Waals surface area contributed by atoms with Gasteiger partial charge in [0.25, 0.3) is 0 Å². The lowest BCUT2D eigenvalue weighted by Gasteiger charge is -2.38. The number of anilines is 2. The van der Waals surface area contributed by atoms with Crippen molar-refractivity contribution in [2.75, 3.05) is 36.4 Å². The van der Waals surface area contributed by atoms with Crippen molar-refractivity contribution in [2.24, 2.45) is 0 Å². The van der Waals surface area contributed by atoms with Crippen molar-refractivity contribution in [3.8, 4) is 6.07 Å². The van der Waals surface area contributed by atoms with Crippen molar-refractivity contribution in [1.82, 2.24) is 4.90 Å². The first kappa shape index (κ1) is 17.0. The van der Waals surface area contributed by atoms with E-state index in [-0.39, 0.29) is 11.9 Å². The number of hydrogen-bond acceptors (Lipinski definition) is 4. The van der Waals surface area contributed by atoms with E-state index in [9.17, 15) is 4.79 Å². The maximum atomic E-state index is 12.6. The number of benzene rings is 2. The summed E-state index contributed by atoms with van der Waals surface area (Å²) >= 11 is 0. The van der Waals surface area contributed by atoms with Gasteiger partial charge in [-0.2, -0.15) is 5.26 Å². The number of nitriles is 1. The Kier molecular flexibility index (Phi) is 5.32. The molecule has 1 N–H and O–H groups in total. The van der Waals surface area contributed by atoms with Gasteiger partial charge in [0, 0.05) is 31.9 Å². The molecule has 25 heavy (non-hydrogen) atoms. The molecular formula is C20H22N4O. The predicted octanol–water partition coefficient (Wildman–Crippen LogP) is 2.71. The number of rotatable bonds is 4. The third-order valence-electron chi connectivity index (χ3n) is 4.67. The van der Waals surface area contributed by atoms with Crippen LogP contribution in [0.5, 0.6) is 0 Å². The molecule has 3 rings (SSSR count). The first-order valence-electron chi connectivity index (χ1n) is 8.53. The Balaban J connectivity index is 1.58. The van der Waals surface area contributed by atoms with Gasteiger partial charge in [-0.05, 0) is 31.2 Å². The summed E-state index contributed by atoms with van der Waals surface area (Å²) in [5.74, 6) is -0.0733. The van der Waals surface area contributed by atoms with Crippen LogP contribution in [0.2, 0.25) is 0 Å². The minimum atomic E-state index is -0.232. The molecule has 1 atom stereocenters. The summed E-state index contributed by atoms with van der Waals surface area (Å²) in [5.41, 5.74) is 2.28. The number of hydrogen-bond donors (Lipinski definition) is 1. The van der Waals surface area contributed by atoms with Gasteiger partial charge in [-0.25, -0.2) is 0 Å². The van der Waals surface area contributed by atoms with Gasteiger partial charge in [0.1, 0.15) is 6.07 Å². The summed E-state index contributed by atoms with van der Waals surface area (Å²) in [4.78, 5) is 17.1. The number of carbonyl (C=O) groups excluding carboxylic acids is 1. The Hall–Kier alpha value is -2.84. The number of para-hydroxylation sites is 2. The van der Waals surface area contributed by atoms with E-state index in [0.717, 1.165) is 26.2 Å². The standard InChI is InChI=1S/C20H22N4O/c1-16(20(25)22-19-10-6-5-7-17(19)15-21)23-11-13-24(14-12-23)18-8-3-2-4-9-18/h2-10,16H,11-14H2,1H3,(H,22,25). The smallest absolute Gasteiger partial charge is 0.241 e. The molecule has 0 spiro atoms. The molecule has 2 aromatic carbocycles. The van der Waals surface area contributed by atoms with Gasteiger partial charge in [-0.1, -0.05) is 30.3 Å². The fraction of sp³-hybridized carbons (Fsp3) is 0.300. The molecule has 0 radical (unpaired) electrons. The van der Waals surface area contributed by atoms with Gasteiger partial charge >= 0.3 is 0 Å². The van der Waals surface area contributed by atoms with E-state index in [1.165, 1.54) is 5.69 Å². The first-order chi connectivity index (χ1) is 12.2. The molecule has 0 bridgehead atoms. The maximum Gasteiger partial charge on any atom is 0.241 e. The molecule has 0 aliphatic carbocycles. The van der Waals surface area contributed by atoms with E-state index < -0.39 is 0 Å². The topological polar surface area (TPSA) is 59.4 Å². The molecule has 1 fully saturated rings. The summed E-state index contributed by atoms with van der Waals surface area (Å²) in [5, 5.41) is 12.0. The lowest BCUT2D eigenvalue weighted by atomic mass is 10.1. The molecular weight excluding hydrogens is 312 g/mol. The van der Waals surface area contributed by atoms with E-state index in [1.807, 2.05) is 31.2 Å². The van der Waals surface area contributed by atoms with E-state index in [0.29, 0.717) is 11.3 Å². The molecule has 1 saturated heterocycles. The zero-order chi connectivity index (χ0) is 17.6. The van der Waals surface area contributed by atoms with Crippen LogP contribution in [0.25, 0.3) is 0 Å². The van der Waals surface area contributed by atoms with Crippen LogP contribution in [0, 0.1) is 11.3 Å². The SMILES string of the molecule is CC(C(=O)Nc1ccccc1C#N)N1CCN(c2ccccc2)CC1. The van der Waals surface area contributed by atoms with Crippen molar-refractivity contribution in [2.45, 2.75) is 13.0 Å². The Labute approximate surface area is 148 Å². The minimum absolute atomic E-state index is 0.0733. The molecule has 1 heterocycles. The van der Waals surface area contributed by atoms with Crippen molar-refractivity contribution >= 4 is 17.3 Å². The fourth-order valence-electron chi connectivity index (χ4n) is 3.10. The molecule has 1 amide bonds. The molecule has 2 aromatic rings. The third kappa shape index (κ3) is 3.98. The lowest BCUT2D eigenvalue weighted by Crippen LogP contribution is -2.52. The van der Waals surface area contributed by atoms with Crippen molar-refractivity contribution in [1.29, 1.82) is 5.26 Å². The average Bonchev–Trinajstić information content (AvgIpc) is 2.68. The van der Waals surface area contributed by atoms with Gasteiger partial charge < -0.3 is 10.2 Å². The summed E-state index contributed by atoms with van der Waals surface area (Å²) < 4.78 is 0. The van der Waals surface area contributed by atoms with Gasteiger partial charge in [-0.15, -0.1) is 0 Å². The summed E-state index contributed by atoms with van der Waals surface area (Å²) in [6.07, 6.45) is 0. The number of nitrogens with zero attached hydrogens (tertiary/aromatic N) is 3. The fourth-order valence-corrected chi connectivity index (χ4v) is 3.10. The zero-order valence-electron chi connectivity index (χ0n) is 14.4. The number of nitrogens with one attached hydrogen (secondary N) is 1. The number of amides is 1. The van der Waals surface area contributed by atoms with Gasteiger partial charge in [0.2, 0.25) is 5.91 Å². The Morgan fingerprint density at radius 1 is 1.04 bits per heavy atom.